The van der Waals surface area contributed by atoms with Crippen molar-refractivity contribution in [3.63, 3.8) is 0 Å². The van der Waals surface area contributed by atoms with E-state index in [-0.39, 0.29) is 0 Å². The highest BCUT2D eigenvalue weighted by Crippen LogP contribution is 2.35. The zero-order valence-electron chi connectivity index (χ0n) is 12.6. The molecule has 1 unspecified atom stereocenters. The SMILES string of the molecule is CC(C)C(C)n1cncc1-c1cccc2c1NCCC2. The van der Waals surface area contributed by atoms with Crippen LogP contribution in [0.4, 0.5) is 5.69 Å². The summed E-state index contributed by atoms with van der Waals surface area (Å²) < 4.78 is 2.30. The molecule has 3 nitrogen and oxygen atoms in total. The number of hydrogen-bond donors (Lipinski definition) is 1. The monoisotopic (exact) mass is 269 g/mol. The van der Waals surface area contributed by atoms with Gasteiger partial charge in [0.15, 0.2) is 0 Å². The highest BCUT2D eigenvalue weighted by molar-refractivity contribution is 5.79. The lowest BCUT2D eigenvalue weighted by Crippen LogP contribution is -2.15. The second kappa shape index (κ2) is 5.31. The van der Waals surface area contributed by atoms with Crippen LogP contribution in [-0.2, 0) is 6.42 Å². The van der Waals surface area contributed by atoms with Gasteiger partial charge in [0.05, 0.1) is 18.2 Å². The highest BCUT2D eigenvalue weighted by Gasteiger charge is 2.19. The van der Waals surface area contributed by atoms with Crippen LogP contribution in [0.3, 0.4) is 0 Å². The molecule has 20 heavy (non-hydrogen) atoms. The molecule has 0 saturated heterocycles. The number of aryl methyl sites for hydroxylation is 1. The van der Waals surface area contributed by atoms with Gasteiger partial charge in [-0.3, -0.25) is 0 Å². The number of imidazole rings is 1. The summed E-state index contributed by atoms with van der Waals surface area (Å²) in [6, 6.07) is 7.06. The van der Waals surface area contributed by atoms with Crippen molar-refractivity contribution in [2.24, 2.45) is 5.92 Å². The van der Waals surface area contributed by atoms with Crippen LogP contribution in [0.2, 0.25) is 0 Å². The van der Waals surface area contributed by atoms with E-state index in [1.54, 1.807) is 0 Å². The van der Waals surface area contributed by atoms with Crippen molar-refractivity contribution < 1.29 is 0 Å². The fourth-order valence-electron chi connectivity index (χ4n) is 2.88. The minimum atomic E-state index is 0.451. The van der Waals surface area contributed by atoms with E-state index in [1.165, 1.54) is 35.3 Å². The van der Waals surface area contributed by atoms with Crippen molar-refractivity contribution in [3.05, 3.63) is 36.3 Å². The lowest BCUT2D eigenvalue weighted by atomic mass is 9.97. The maximum atomic E-state index is 4.39. The molecular formula is C17H23N3. The molecule has 1 atom stereocenters. The van der Waals surface area contributed by atoms with E-state index in [1.807, 2.05) is 12.5 Å². The Kier molecular flexibility index (Phi) is 3.51. The standard InChI is InChI=1S/C17H23N3/c1-12(2)13(3)20-11-18-10-16(20)15-8-4-6-14-7-5-9-19-17(14)15/h4,6,8,10-13,19H,5,7,9H2,1-3H3. The first kappa shape index (κ1) is 13.2. The zero-order chi connectivity index (χ0) is 14.1. The van der Waals surface area contributed by atoms with Gasteiger partial charge in [0.1, 0.15) is 0 Å². The van der Waals surface area contributed by atoms with Crippen LogP contribution in [0.25, 0.3) is 11.3 Å². The highest BCUT2D eigenvalue weighted by atomic mass is 15.1. The number of hydrogen-bond acceptors (Lipinski definition) is 2. The van der Waals surface area contributed by atoms with Crippen molar-refractivity contribution in [2.45, 2.75) is 39.7 Å². The molecule has 0 amide bonds. The summed E-state index contributed by atoms with van der Waals surface area (Å²) in [5.74, 6) is 0.593. The summed E-state index contributed by atoms with van der Waals surface area (Å²) >= 11 is 0. The van der Waals surface area contributed by atoms with Gasteiger partial charge in [-0.15, -0.1) is 0 Å². The Balaban J connectivity index is 2.08. The predicted molar refractivity (Wildman–Crippen MR) is 84.0 cm³/mol. The van der Waals surface area contributed by atoms with Gasteiger partial charge in [0, 0.05) is 23.8 Å². The van der Waals surface area contributed by atoms with E-state index in [2.05, 4.69) is 53.8 Å². The number of para-hydroxylation sites is 1. The zero-order valence-corrected chi connectivity index (χ0v) is 12.6. The Bertz CT molecular complexity index is 598. The van der Waals surface area contributed by atoms with E-state index >= 15 is 0 Å². The van der Waals surface area contributed by atoms with Gasteiger partial charge in [0.2, 0.25) is 0 Å². The number of aromatic nitrogens is 2. The minimum Gasteiger partial charge on any atom is -0.384 e. The summed E-state index contributed by atoms with van der Waals surface area (Å²) in [5.41, 5.74) is 5.24. The quantitative estimate of drug-likeness (QED) is 0.908. The molecule has 0 radical (unpaired) electrons. The third-order valence-electron chi connectivity index (χ3n) is 4.42. The van der Waals surface area contributed by atoms with E-state index in [4.69, 9.17) is 0 Å². The topological polar surface area (TPSA) is 29.9 Å². The minimum absolute atomic E-state index is 0.451. The molecular weight excluding hydrogens is 246 g/mol. The summed E-state index contributed by atoms with van der Waals surface area (Å²) in [4.78, 5) is 4.39. The molecule has 1 N–H and O–H groups in total. The van der Waals surface area contributed by atoms with Crippen LogP contribution in [0.1, 0.15) is 38.8 Å². The molecule has 2 aromatic rings. The summed E-state index contributed by atoms with van der Waals surface area (Å²) in [5, 5.41) is 3.57. The van der Waals surface area contributed by atoms with Crippen LogP contribution in [0.15, 0.2) is 30.7 Å². The fourth-order valence-corrected chi connectivity index (χ4v) is 2.88. The molecule has 3 heteroatoms. The maximum Gasteiger partial charge on any atom is 0.0953 e. The van der Waals surface area contributed by atoms with Crippen LogP contribution < -0.4 is 5.32 Å². The normalized spacial score (nSPS) is 15.8. The van der Waals surface area contributed by atoms with Gasteiger partial charge in [-0.05, 0) is 31.2 Å². The average Bonchev–Trinajstić information content (AvgIpc) is 2.94. The van der Waals surface area contributed by atoms with Gasteiger partial charge in [0.25, 0.3) is 0 Å². The van der Waals surface area contributed by atoms with Gasteiger partial charge in [-0.1, -0.05) is 32.0 Å². The lowest BCUT2D eigenvalue weighted by molar-refractivity contribution is 0.411. The summed E-state index contributed by atoms with van der Waals surface area (Å²) in [7, 11) is 0. The Morgan fingerprint density at radius 3 is 2.90 bits per heavy atom. The second-order valence-electron chi connectivity index (χ2n) is 6.04. The Morgan fingerprint density at radius 2 is 2.10 bits per heavy atom. The molecule has 0 spiro atoms. The van der Waals surface area contributed by atoms with E-state index < -0.39 is 0 Å². The molecule has 0 aliphatic carbocycles. The van der Waals surface area contributed by atoms with E-state index in [9.17, 15) is 0 Å². The van der Waals surface area contributed by atoms with Crippen molar-refractivity contribution in [3.8, 4) is 11.3 Å². The first-order valence-corrected chi connectivity index (χ1v) is 7.56. The second-order valence-corrected chi connectivity index (χ2v) is 6.04. The Morgan fingerprint density at radius 1 is 1.25 bits per heavy atom. The Labute approximate surface area is 121 Å². The van der Waals surface area contributed by atoms with Crippen LogP contribution in [0, 0.1) is 5.92 Å². The molecule has 106 valence electrons. The van der Waals surface area contributed by atoms with Gasteiger partial charge >= 0.3 is 0 Å². The third kappa shape index (κ3) is 2.21. The van der Waals surface area contributed by atoms with Gasteiger partial charge < -0.3 is 9.88 Å². The summed E-state index contributed by atoms with van der Waals surface area (Å²) in [6.45, 7) is 7.84. The number of rotatable bonds is 3. The van der Waals surface area contributed by atoms with Crippen molar-refractivity contribution in [2.75, 3.05) is 11.9 Å². The third-order valence-corrected chi connectivity index (χ3v) is 4.42. The number of nitrogens with one attached hydrogen (secondary N) is 1. The molecule has 0 fully saturated rings. The van der Waals surface area contributed by atoms with Crippen LogP contribution in [-0.4, -0.2) is 16.1 Å². The van der Waals surface area contributed by atoms with Gasteiger partial charge in [-0.2, -0.15) is 0 Å². The molecule has 0 bridgehead atoms. The Hall–Kier alpha value is -1.77. The fraction of sp³-hybridized carbons (Fsp3) is 0.471. The van der Waals surface area contributed by atoms with Crippen LogP contribution in [0.5, 0.6) is 0 Å². The van der Waals surface area contributed by atoms with Crippen molar-refractivity contribution >= 4 is 5.69 Å². The number of nitrogens with zero attached hydrogens (tertiary/aromatic N) is 2. The molecule has 1 aromatic heterocycles. The van der Waals surface area contributed by atoms with Crippen LogP contribution >= 0.6 is 0 Å². The van der Waals surface area contributed by atoms with Crippen molar-refractivity contribution in [1.82, 2.24) is 9.55 Å². The van der Waals surface area contributed by atoms with Gasteiger partial charge in [-0.25, -0.2) is 4.98 Å². The molecule has 0 saturated carbocycles. The van der Waals surface area contributed by atoms with E-state index in [0.29, 0.717) is 12.0 Å². The summed E-state index contributed by atoms with van der Waals surface area (Å²) in [6.07, 6.45) is 6.34. The van der Waals surface area contributed by atoms with Crippen molar-refractivity contribution in [1.29, 1.82) is 0 Å². The number of anilines is 1. The molecule has 1 aliphatic rings. The first-order valence-electron chi connectivity index (χ1n) is 7.56. The molecule has 1 aliphatic heterocycles. The van der Waals surface area contributed by atoms with E-state index in [0.717, 1.165) is 6.54 Å². The number of fused-ring (bicyclic) bond motifs is 1. The predicted octanol–water partition coefficient (Wildman–Crippen LogP) is 4.13. The smallest absolute Gasteiger partial charge is 0.0953 e. The molecule has 2 heterocycles. The lowest BCUT2D eigenvalue weighted by Gasteiger charge is -2.24. The molecule has 3 rings (SSSR count). The largest absolute Gasteiger partial charge is 0.384 e. The first-order chi connectivity index (χ1) is 9.68. The maximum absolute atomic E-state index is 4.39. The average molecular weight is 269 g/mol. The molecule has 1 aromatic carbocycles. The number of benzene rings is 1.